The van der Waals surface area contributed by atoms with Gasteiger partial charge in [-0.1, -0.05) is 103 Å². The van der Waals surface area contributed by atoms with E-state index >= 15 is 0 Å². The molecule has 2 nitrogen and oxygen atoms in total. The molecule has 1 saturated heterocycles. The third-order valence-corrected chi connectivity index (χ3v) is 6.97. The van der Waals surface area contributed by atoms with Crippen LogP contribution in [-0.2, 0) is 6.54 Å². The molecule has 4 aromatic rings. The van der Waals surface area contributed by atoms with Crippen molar-refractivity contribution in [1.82, 2.24) is 10.2 Å². The van der Waals surface area contributed by atoms with Crippen LogP contribution in [0.5, 0.6) is 0 Å². The zero-order valence-corrected chi connectivity index (χ0v) is 21.3. The number of likely N-dealkylation sites (tertiary alicyclic amines) is 1. The quantitative estimate of drug-likeness (QED) is 0.292. The second-order valence-electron chi connectivity index (χ2n) is 9.16. The molecular weight excluding hydrogens is 459 g/mol. The molecule has 0 aromatic heterocycles. The Morgan fingerprint density at radius 2 is 1.41 bits per heavy atom. The Morgan fingerprint density at radius 3 is 2.18 bits per heavy atom. The second-order valence-corrected chi connectivity index (χ2v) is 9.16. The predicted octanol–water partition coefficient (Wildman–Crippen LogP) is 7.25. The van der Waals surface area contributed by atoms with Crippen LogP contribution in [0.3, 0.4) is 0 Å². The van der Waals surface area contributed by atoms with Crippen LogP contribution in [0, 0.1) is 5.92 Å². The summed E-state index contributed by atoms with van der Waals surface area (Å²) in [6.45, 7) is 6.60. The molecule has 4 heteroatoms. The Labute approximate surface area is 216 Å². The second kappa shape index (κ2) is 12.4. The van der Waals surface area contributed by atoms with Crippen molar-refractivity contribution in [3.63, 3.8) is 0 Å². The van der Waals surface area contributed by atoms with Gasteiger partial charge in [0.25, 0.3) is 0 Å². The molecule has 1 aliphatic heterocycles. The summed E-state index contributed by atoms with van der Waals surface area (Å²) in [5, 5.41) is 6.56. The molecule has 0 unspecified atom stereocenters. The third-order valence-electron chi connectivity index (χ3n) is 6.97. The van der Waals surface area contributed by atoms with E-state index in [-0.39, 0.29) is 24.8 Å². The zero-order valence-electron chi connectivity index (χ0n) is 19.6. The largest absolute Gasteiger partial charge is 0.310 e. The van der Waals surface area contributed by atoms with Gasteiger partial charge in [-0.05, 0) is 40.3 Å². The van der Waals surface area contributed by atoms with Crippen LogP contribution in [0.4, 0.5) is 0 Å². The molecule has 5 rings (SSSR count). The molecule has 0 spiro atoms. The number of fused-ring (bicyclic) bond motifs is 1. The topological polar surface area (TPSA) is 15.3 Å². The maximum atomic E-state index is 3.89. The molecule has 0 saturated carbocycles. The summed E-state index contributed by atoms with van der Waals surface area (Å²) in [7, 11) is 0. The smallest absolute Gasteiger partial charge is 0.0298 e. The molecule has 1 heterocycles. The highest BCUT2D eigenvalue weighted by molar-refractivity contribution is 5.86. The van der Waals surface area contributed by atoms with Gasteiger partial charge in [-0.25, -0.2) is 0 Å². The van der Waals surface area contributed by atoms with Gasteiger partial charge >= 0.3 is 0 Å². The highest BCUT2D eigenvalue weighted by Crippen LogP contribution is 2.34. The Bertz CT molecular complexity index is 1140. The van der Waals surface area contributed by atoms with Crippen molar-refractivity contribution in [2.75, 3.05) is 19.6 Å². The molecule has 34 heavy (non-hydrogen) atoms. The molecule has 0 amide bonds. The molecule has 1 fully saturated rings. The number of halogens is 2. The monoisotopic (exact) mass is 492 g/mol. The molecule has 0 aliphatic carbocycles. The maximum absolute atomic E-state index is 3.89. The van der Waals surface area contributed by atoms with Crippen molar-refractivity contribution in [1.29, 1.82) is 0 Å². The van der Waals surface area contributed by atoms with E-state index in [2.05, 4.69) is 120 Å². The maximum Gasteiger partial charge on any atom is 0.0298 e. The van der Waals surface area contributed by atoms with E-state index < -0.39 is 0 Å². The molecule has 4 aromatic carbocycles. The minimum Gasteiger partial charge on any atom is -0.310 e. The van der Waals surface area contributed by atoms with Gasteiger partial charge in [0.15, 0.2) is 0 Å². The number of benzene rings is 4. The highest BCUT2D eigenvalue weighted by atomic mass is 35.5. The van der Waals surface area contributed by atoms with Crippen LogP contribution in [0.15, 0.2) is 103 Å². The van der Waals surface area contributed by atoms with Crippen LogP contribution in [-0.4, -0.2) is 24.5 Å². The van der Waals surface area contributed by atoms with E-state index in [0.717, 1.165) is 26.2 Å². The van der Waals surface area contributed by atoms with Gasteiger partial charge in [-0.3, -0.25) is 4.90 Å². The Kier molecular flexibility index (Phi) is 9.55. The molecule has 3 atom stereocenters. The molecular formula is C30H34Cl2N2. The average Bonchev–Trinajstić information content (AvgIpc) is 3.26. The zero-order chi connectivity index (χ0) is 21.8. The van der Waals surface area contributed by atoms with Crippen molar-refractivity contribution in [3.8, 4) is 0 Å². The van der Waals surface area contributed by atoms with Crippen molar-refractivity contribution >= 4 is 35.6 Å². The van der Waals surface area contributed by atoms with Crippen molar-refractivity contribution in [2.24, 2.45) is 5.92 Å². The lowest BCUT2D eigenvalue weighted by atomic mass is 9.88. The highest BCUT2D eigenvalue weighted by Gasteiger charge is 2.33. The van der Waals surface area contributed by atoms with Gasteiger partial charge in [0.1, 0.15) is 0 Å². The molecule has 0 bridgehead atoms. The number of hydrogen-bond acceptors (Lipinski definition) is 2. The van der Waals surface area contributed by atoms with E-state index in [1.165, 1.54) is 27.5 Å². The average molecular weight is 494 g/mol. The first-order chi connectivity index (χ1) is 15.8. The fraction of sp³-hybridized carbons (Fsp3) is 0.267. The van der Waals surface area contributed by atoms with Gasteiger partial charge in [0.05, 0.1) is 0 Å². The third kappa shape index (κ3) is 6.00. The number of rotatable bonds is 7. The first kappa shape index (κ1) is 26.2. The van der Waals surface area contributed by atoms with Crippen LogP contribution in [0.1, 0.15) is 35.6 Å². The first-order valence-electron chi connectivity index (χ1n) is 11.8. The summed E-state index contributed by atoms with van der Waals surface area (Å²) in [6, 6.07) is 37.6. The predicted molar refractivity (Wildman–Crippen MR) is 149 cm³/mol. The lowest BCUT2D eigenvalue weighted by Crippen LogP contribution is -2.30. The molecule has 1 N–H and O–H groups in total. The van der Waals surface area contributed by atoms with Gasteiger partial charge in [0.2, 0.25) is 0 Å². The van der Waals surface area contributed by atoms with Crippen LogP contribution in [0.2, 0.25) is 0 Å². The molecule has 0 radical (unpaired) electrons. The fourth-order valence-electron chi connectivity index (χ4n) is 5.28. The minimum absolute atomic E-state index is 0. The Hall–Kier alpha value is -2.36. The summed E-state index contributed by atoms with van der Waals surface area (Å²) < 4.78 is 0. The van der Waals surface area contributed by atoms with Gasteiger partial charge in [-0.15, -0.1) is 24.8 Å². The number of nitrogens with one attached hydrogen (secondary N) is 1. The van der Waals surface area contributed by atoms with Crippen molar-refractivity contribution < 1.29 is 0 Å². The van der Waals surface area contributed by atoms with Gasteiger partial charge < -0.3 is 5.32 Å². The summed E-state index contributed by atoms with van der Waals surface area (Å²) >= 11 is 0. The van der Waals surface area contributed by atoms with Crippen LogP contribution >= 0.6 is 24.8 Å². The van der Waals surface area contributed by atoms with Crippen molar-refractivity contribution in [2.45, 2.75) is 25.4 Å². The van der Waals surface area contributed by atoms with E-state index in [1.54, 1.807) is 0 Å². The van der Waals surface area contributed by atoms with E-state index in [1.807, 2.05) is 0 Å². The number of hydrogen-bond donors (Lipinski definition) is 1. The summed E-state index contributed by atoms with van der Waals surface area (Å²) in [5.74, 6) is 1.16. The Morgan fingerprint density at radius 1 is 0.765 bits per heavy atom. The van der Waals surface area contributed by atoms with E-state index in [4.69, 9.17) is 0 Å². The molecule has 1 aliphatic rings. The first-order valence-corrected chi connectivity index (χ1v) is 11.8. The van der Waals surface area contributed by atoms with Gasteiger partial charge in [0, 0.05) is 38.1 Å². The van der Waals surface area contributed by atoms with Crippen molar-refractivity contribution in [3.05, 3.63) is 120 Å². The Balaban J connectivity index is 0.00000162. The summed E-state index contributed by atoms with van der Waals surface area (Å²) in [6.07, 6.45) is 0. The minimum atomic E-state index is 0. The standard InChI is InChI=1S/C30H32N2.2ClH/c1-23(28-18-10-16-25-15-8-9-17-29(25)28)31-19-27-21-32(20-24-11-4-2-5-12-24)22-30(27)26-13-6-3-7-14-26;;/h2-18,23,27,30-31H,19-22H2,1H3;2*1H/t23-,27+,30-;;/m1../s1. The summed E-state index contributed by atoms with van der Waals surface area (Å²) in [5.41, 5.74) is 4.25. The van der Waals surface area contributed by atoms with E-state index in [0.29, 0.717) is 17.9 Å². The number of nitrogens with zero attached hydrogens (tertiary/aromatic N) is 1. The summed E-state index contributed by atoms with van der Waals surface area (Å²) in [4.78, 5) is 2.63. The lowest BCUT2D eigenvalue weighted by Gasteiger charge is -2.23. The van der Waals surface area contributed by atoms with Crippen LogP contribution < -0.4 is 5.32 Å². The van der Waals surface area contributed by atoms with E-state index in [9.17, 15) is 0 Å². The van der Waals surface area contributed by atoms with Crippen LogP contribution in [0.25, 0.3) is 10.8 Å². The SMILES string of the molecule is C[C@@H](NC[C@H]1CN(Cc2ccccc2)C[C@@H]1c1ccccc1)c1cccc2ccccc12.Cl.Cl. The fourth-order valence-corrected chi connectivity index (χ4v) is 5.28. The van der Waals surface area contributed by atoms with Gasteiger partial charge in [-0.2, -0.15) is 0 Å². The lowest BCUT2D eigenvalue weighted by molar-refractivity contribution is 0.312. The molecule has 178 valence electrons. The normalized spacial score (nSPS) is 18.7.